The molecule has 1 aliphatic carbocycles. The lowest BCUT2D eigenvalue weighted by Crippen LogP contribution is -2.49. The third-order valence-electron chi connectivity index (χ3n) is 3.71. The van der Waals surface area contributed by atoms with Gasteiger partial charge in [-0.3, -0.25) is 5.32 Å². The van der Waals surface area contributed by atoms with E-state index in [1.54, 1.807) is 0 Å². The molecule has 3 nitrogen and oxygen atoms in total. The van der Waals surface area contributed by atoms with Crippen molar-refractivity contribution in [3.8, 4) is 6.07 Å². The van der Waals surface area contributed by atoms with Crippen molar-refractivity contribution in [2.75, 3.05) is 26.7 Å². The van der Waals surface area contributed by atoms with Crippen LogP contribution in [0.1, 0.15) is 25.3 Å². The summed E-state index contributed by atoms with van der Waals surface area (Å²) in [5.74, 6) is 0.846. The van der Waals surface area contributed by atoms with Gasteiger partial charge in [0.1, 0.15) is 5.54 Å². The van der Waals surface area contributed by atoms with E-state index in [0.29, 0.717) is 0 Å². The lowest BCUT2D eigenvalue weighted by Gasteiger charge is -2.32. The van der Waals surface area contributed by atoms with Crippen LogP contribution in [0.5, 0.6) is 0 Å². The van der Waals surface area contributed by atoms with Crippen LogP contribution in [-0.2, 0) is 5.54 Å². The molecule has 0 radical (unpaired) electrons. The molecule has 1 unspecified atom stereocenters. The Morgan fingerprint density at radius 3 is 2.58 bits per heavy atom. The van der Waals surface area contributed by atoms with E-state index < -0.39 is 5.54 Å². The van der Waals surface area contributed by atoms with Crippen molar-refractivity contribution in [3.63, 3.8) is 0 Å². The zero-order valence-electron chi connectivity index (χ0n) is 11.9. The Morgan fingerprint density at radius 2 is 2.05 bits per heavy atom. The summed E-state index contributed by atoms with van der Waals surface area (Å²) in [6, 6.07) is 12.6. The van der Waals surface area contributed by atoms with Crippen LogP contribution in [-0.4, -0.2) is 31.6 Å². The van der Waals surface area contributed by atoms with Gasteiger partial charge in [0.2, 0.25) is 0 Å². The summed E-state index contributed by atoms with van der Waals surface area (Å²) < 4.78 is 0. The van der Waals surface area contributed by atoms with E-state index in [1.165, 1.54) is 12.8 Å². The van der Waals surface area contributed by atoms with Gasteiger partial charge in [-0.1, -0.05) is 37.3 Å². The number of hydrogen-bond acceptors (Lipinski definition) is 3. The van der Waals surface area contributed by atoms with Gasteiger partial charge in [0.05, 0.1) is 6.07 Å². The molecule has 0 bridgehead atoms. The molecular weight excluding hydrogens is 234 g/mol. The lowest BCUT2D eigenvalue weighted by molar-refractivity contribution is 0.244. The molecule has 102 valence electrons. The van der Waals surface area contributed by atoms with Crippen LogP contribution in [0.25, 0.3) is 0 Å². The van der Waals surface area contributed by atoms with Gasteiger partial charge in [-0.05, 0) is 37.9 Å². The van der Waals surface area contributed by atoms with Crippen molar-refractivity contribution in [1.82, 2.24) is 10.2 Å². The number of hydrogen-bond donors (Lipinski definition) is 1. The largest absolute Gasteiger partial charge is 0.303 e. The summed E-state index contributed by atoms with van der Waals surface area (Å²) in [7, 11) is 2.12. The van der Waals surface area contributed by atoms with E-state index in [2.05, 4.69) is 30.3 Å². The molecule has 0 heterocycles. The Hall–Kier alpha value is -1.37. The predicted molar refractivity (Wildman–Crippen MR) is 77.6 cm³/mol. The van der Waals surface area contributed by atoms with Gasteiger partial charge in [-0.15, -0.1) is 0 Å². The van der Waals surface area contributed by atoms with Gasteiger partial charge >= 0.3 is 0 Å². The van der Waals surface area contributed by atoms with Gasteiger partial charge in [0, 0.05) is 13.1 Å². The smallest absolute Gasteiger partial charge is 0.145 e. The van der Waals surface area contributed by atoms with Crippen LogP contribution in [0.2, 0.25) is 0 Å². The Balaban J connectivity index is 2.15. The average Bonchev–Trinajstić information content (AvgIpc) is 3.23. The van der Waals surface area contributed by atoms with E-state index in [4.69, 9.17) is 0 Å². The molecule has 1 fully saturated rings. The first kappa shape index (κ1) is 14.0. The van der Waals surface area contributed by atoms with Gasteiger partial charge in [-0.2, -0.15) is 5.26 Å². The van der Waals surface area contributed by atoms with E-state index in [9.17, 15) is 5.26 Å². The van der Waals surface area contributed by atoms with Gasteiger partial charge < -0.3 is 4.90 Å². The quantitative estimate of drug-likeness (QED) is 0.815. The van der Waals surface area contributed by atoms with Crippen molar-refractivity contribution >= 4 is 0 Å². The molecule has 1 N–H and O–H groups in total. The monoisotopic (exact) mass is 257 g/mol. The number of nitrogens with zero attached hydrogens (tertiary/aromatic N) is 2. The molecule has 0 spiro atoms. The van der Waals surface area contributed by atoms with Crippen molar-refractivity contribution in [3.05, 3.63) is 35.9 Å². The number of benzene rings is 1. The second-order valence-corrected chi connectivity index (χ2v) is 5.55. The Bertz CT molecular complexity index is 433. The van der Waals surface area contributed by atoms with Crippen molar-refractivity contribution in [2.24, 2.45) is 5.92 Å². The third kappa shape index (κ3) is 3.56. The first-order valence-electron chi connectivity index (χ1n) is 7.10. The van der Waals surface area contributed by atoms with E-state index >= 15 is 0 Å². The summed E-state index contributed by atoms with van der Waals surface area (Å²) in [6.45, 7) is 4.68. The van der Waals surface area contributed by atoms with Crippen LogP contribution >= 0.6 is 0 Å². The minimum absolute atomic E-state index is 0.598. The van der Waals surface area contributed by atoms with Gasteiger partial charge in [-0.25, -0.2) is 0 Å². The molecule has 1 atom stereocenters. The molecular formula is C16H23N3. The first-order chi connectivity index (χ1) is 9.20. The maximum atomic E-state index is 9.72. The van der Waals surface area contributed by atoms with Crippen LogP contribution in [0.3, 0.4) is 0 Å². The first-order valence-corrected chi connectivity index (χ1v) is 7.10. The summed E-state index contributed by atoms with van der Waals surface area (Å²) in [6.07, 6.45) is 2.69. The lowest BCUT2D eigenvalue weighted by atomic mass is 9.90. The SMILES string of the molecule is CCNC(C#N)(CN(C)CC1CC1)c1ccccc1. The maximum absolute atomic E-state index is 9.72. The standard InChI is InChI=1S/C16H23N3/c1-3-18-16(12-17,15-7-5-4-6-8-15)13-19(2)11-14-9-10-14/h4-8,14,18H,3,9-11,13H2,1-2H3. The molecule has 19 heavy (non-hydrogen) atoms. The Kier molecular flexibility index (Phi) is 4.57. The number of rotatable bonds is 7. The molecule has 1 aromatic carbocycles. The van der Waals surface area contributed by atoms with Crippen molar-refractivity contribution in [2.45, 2.75) is 25.3 Å². The molecule has 1 saturated carbocycles. The third-order valence-corrected chi connectivity index (χ3v) is 3.71. The normalized spacial score (nSPS) is 18.0. The minimum atomic E-state index is -0.598. The van der Waals surface area contributed by atoms with E-state index in [-0.39, 0.29) is 0 Å². The fraction of sp³-hybridized carbons (Fsp3) is 0.562. The molecule has 1 aliphatic rings. The highest BCUT2D eigenvalue weighted by Crippen LogP contribution is 2.30. The topological polar surface area (TPSA) is 39.1 Å². The molecule has 2 rings (SSSR count). The Labute approximate surface area is 116 Å². The van der Waals surface area contributed by atoms with Crippen LogP contribution in [0, 0.1) is 17.2 Å². The minimum Gasteiger partial charge on any atom is -0.303 e. The second-order valence-electron chi connectivity index (χ2n) is 5.55. The molecule has 0 saturated heterocycles. The number of nitriles is 1. The highest BCUT2D eigenvalue weighted by atomic mass is 15.2. The van der Waals surface area contributed by atoms with Crippen LogP contribution < -0.4 is 5.32 Å². The summed E-state index contributed by atoms with van der Waals surface area (Å²) in [4.78, 5) is 2.29. The van der Waals surface area contributed by atoms with Crippen molar-refractivity contribution < 1.29 is 0 Å². The van der Waals surface area contributed by atoms with Gasteiger partial charge in [0.15, 0.2) is 0 Å². The Morgan fingerprint density at radius 1 is 1.37 bits per heavy atom. The summed E-state index contributed by atoms with van der Waals surface area (Å²) >= 11 is 0. The number of nitrogens with one attached hydrogen (secondary N) is 1. The van der Waals surface area contributed by atoms with E-state index in [1.807, 2.05) is 30.3 Å². The zero-order valence-corrected chi connectivity index (χ0v) is 11.9. The maximum Gasteiger partial charge on any atom is 0.145 e. The summed E-state index contributed by atoms with van der Waals surface area (Å²) in [5.41, 5.74) is 0.460. The molecule has 0 aliphatic heterocycles. The van der Waals surface area contributed by atoms with Crippen LogP contribution in [0.15, 0.2) is 30.3 Å². The van der Waals surface area contributed by atoms with E-state index in [0.717, 1.165) is 31.1 Å². The molecule has 1 aromatic rings. The molecule has 3 heteroatoms. The van der Waals surface area contributed by atoms with Gasteiger partial charge in [0.25, 0.3) is 0 Å². The fourth-order valence-corrected chi connectivity index (χ4v) is 2.62. The second kappa shape index (κ2) is 6.18. The average molecular weight is 257 g/mol. The predicted octanol–water partition coefficient (Wildman–Crippen LogP) is 2.36. The van der Waals surface area contributed by atoms with Crippen molar-refractivity contribution in [1.29, 1.82) is 5.26 Å². The number of likely N-dealkylation sites (N-methyl/N-ethyl adjacent to an activating group) is 2. The fourth-order valence-electron chi connectivity index (χ4n) is 2.62. The zero-order chi connectivity index (χ0) is 13.7. The van der Waals surface area contributed by atoms with Crippen LogP contribution in [0.4, 0.5) is 0 Å². The summed E-state index contributed by atoms with van der Waals surface area (Å²) in [5, 5.41) is 13.1. The highest BCUT2D eigenvalue weighted by molar-refractivity contribution is 5.32. The highest BCUT2D eigenvalue weighted by Gasteiger charge is 2.34. The molecule has 0 aromatic heterocycles. The molecule has 0 amide bonds.